The van der Waals surface area contributed by atoms with E-state index >= 15 is 0 Å². The van der Waals surface area contributed by atoms with Crippen LogP contribution in [0.1, 0.15) is 16.8 Å². The number of sulfonamides is 1. The van der Waals surface area contributed by atoms with Gasteiger partial charge in [-0.25, -0.2) is 18.0 Å². The second-order valence-electron chi connectivity index (χ2n) is 4.31. The van der Waals surface area contributed by atoms with Gasteiger partial charge in [0.1, 0.15) is 0 Å². The SMILES string of the molecule is CS(=O)(=O)Nc1cccc(C(=O)O[C@H]2CCOC2=O)c1. The van der Waals surface area contributed by atoms with Crippen molar-refractivity contribution in [2.45, 2.75) is 12.5 Å². The van der Waals surface area contributed by atoms with Crippen LogP contribution in [0.25, 0.3) is 0 Å². The maximum Gasteiger partial charge on any atom is 0.347 e. The topological polar surface area (TPSA) is 98.8 Å². The number of hydrogen-bond acceptors (Lipinski definition) is 6. The summed E-state index contributed by atoms with van der Waals surface area (Å²) in [6.07, 6.45) is 0.437. The molecule has 0 radical (unpaired) electrons. The summed E-state index contributed by atoms with van der Waals surface area (Å²) in [4.78, 5) is 23.1. The van der Waals surface area contributed by atoms with Gasteiger partial charge >= 0.3 is 11.9 Å². The van der Waals surface area contributed by atoms with Crippen molar-refractivity contribution in [1.29, 1.82) is 0 Å². The Morgan fingerprint density at radius 3 is 2.80 bits per heavy atom. The molecule has 1 aromatic rings. The monoisotopic (exact) mass is 299 g/mol. The van der Waals surface area contributed by atoms with Crippen molar-refractivity contribution < 1.29 is 27.5 Å². The van der Waals surface area contributed by atoms with Gasteiger partial charge in [0.25, 0.3) is 0 Å². The van der Waals surface area contributed by atoms with E-state index < -0.39 is 28.1 Å². The Bertz CT molecular complexity index is 639. The van der Waals surface area contributed by atoms with Crippen molar-refractivity contribution in [2.75, 3.05) is 17.6 Å². The first-order valence-corrected chi connectivity index (χ1v) is 7.70. The fourth-order valence-corrected chi connectivity index (χ4v) is 2.26. The molecule has 20 heavy (non-hydrogen) atoms. The first kappa shape index (κ1) is 14.3. The number of nitrogens with one attached hydrogen (secondary N) is 1. The maximum atomic E-state index is 11.9. The summed E-state index contributed by atoms with van der Waals surface area (Å²) in [7, 11) is -3.43. The number of esters is 2. The Morgan fingerprint density at radius 1 is 1.45 bits per heavy atom. The van der Waals surface area contributed by atoms with E-state index in [4.69, 9.17) is 4.74 Å². The Balaban J connectivity index is 2.10. The predicted octanol–water partition coefficient (Wildman–Crippen LogP) is 0.530. The van der Waals surface area contributed by atoms with E-state index in [0.717, 1.165) is 6.26 Å². The molecule has 0 saturated carbocycles. The number of cyclic esters (lactones) is 1. The smallest absolute Gasteiger partial charge is 0.347 e. The van der Waals surface area contributed by atoms with Gasteiger partial charge in [-0.2, -0.15) is 0 Å². The van der Waals surface area contributed by atoms with Crippen molar-refractivity contribution in [1.82, 2.24) is 0 Å². The third-order valence-electron chi connectivity index (χ3n) is 2.54. The third-order valence-corrected chi connectivity index (χ3v) is 3.14. The lowest BCUT2D eigenvalue weighted by Crippen LogP contribution is -2.22. The molecule has 1 saturated heterocycles. The highest BCUT2D eigenvalue weighted by molar-refractivity contribution is 7.92. The summed E-state index contributed by atoms with van der Waals surface area (Å²) in [5.74, 6) is -1.27. The zero-order chi connectivity index (χ0) is 14.8. The molecule has 0 bridgehead atoms. The summed E-state index contributed by atoms with van der Waals surface area (Å²) >= 11 is 0. The van der Waals surface area contributed by atoms with E-state index in [2.05, 4.69) is 9.46 Å². The van der Waals surface area contributed by atoms with Gasteiger partial charge in [0.2, 0.25) is 16.1 Å². The van der Waals surface area contributed by atoms with Gasteiger partial charge in [-0.3, -0.25) is 4.72 Å². The lowest BCUT2D eigenvalue weighted by molar-refractivity contribution is -0.145. The first-order chi connectivity index (χ1) is 9.35. The van der Waals surface area contributed by atoms with E-state index in [1.165, 1.54) is 24.3 Å². The molecule has 1 atom stereocenters. The van der Waals surface area contributed by atoms with Crippen LogP contribution >= 0.6 is 0 Å². The highest BCUT2D eigenvalue weighted by Crippen LogP contribution is 2.16. The van der Waals surface area contributed by atoms with Gasteiger partial charge in [-0.05, 0) is 18.2 Å². The van der Waals surface area contributed by atoms with Crippen LogP contribution in [0.4, 0.5) is 5.69 Å². The van der Waals surface area contributed by atoms with Crippen LogP contribution in [-0.4, -0.2) is 39.3 Å². The van der Waals surface area contributed by atoms with Crippen LogP contribution in [-0.2, 0) is 24.3 Å². The van der Waals surface area contributed by atoms with E-state index in [9.17, 15) is 18.0 Å². The molecule has 1 aliphatic heterocycles. The number of ether oxygens (including phenoxy) is 2. The molecule has 1 fully saturated rings. The van der Waals surface area contributed by atoms with Gasteiger partial charge in [-0.15, -0.1) is 0 Å². The van der Waals surface area contributed by atoms with Crippen molar-refractivity contribution in [3.8, 4) is 0 Å². The van der Waals surface area contributed by atoms with Crippen molar-refractivity contribution >= 4 is 27.6 Å². The molecule has 108 valence electrons. The fourth-order valence-electron chi connectivity index (χ4n) is 1.71. The largest absolute Gasteiger partial charge is 0.463 e. The highest BCUT2D eigenvalue weighted by atomic mass is 32.2. The number of carbonyl (C=O) groups excluding carboxylic acids is 2. The van der Waals surface area contributed by atoms with Crippen LogP contribution in [0, 0.1) is 0 Å². The van der Waals surface area contributed by atoms with Crippen molar-refractivity contribution in [3.63, 3.8) is 0 Å². The molecule has 0 amide bonds. The number of rotatable bonds is 4. The molecular formula is C12H13NO6S. The Morgan fingerprint density at radius 2 is 2.20 bits per heavy atom. The van der Waals surface area contributed by atoms with E-state index in [1.54, 1.807) is 0 Å². The van der Waals surface area contributed by atoms with Gasteiger partial charge in [0.05, 0.1) is 18.4 Å². The average molecular weight is 299 g/mol. The Kier molecular flexibility index (Phi) is 3.93. The van der Waals surface area contributed by atoms with Crippen LogP contribution in [0.2, 0.25) is 0 Å². The van der Waals surface area contributed by atoms with Crippen LogP contribution < -0.4 is 4.72 Å². The molecule has 0 unspecified atom stereocenters. The van der Waals surface area contributed by atoms with Crippen molar-refractivity contribution in [3.05, 3.63) is 29.8 Å². The summed E-state index contributed by atoms with van der Waals surface area (Å²) < 4.78 is 34.2. The second kappa shape index (κ2) is 5.49. The van der Waals surface area contributed by atoms with E-state index in [1.807, 2.05) is 0 Å². The zero-order valence-electron chi connectivity index (χ0n) is 10.7. The molecule has 0 aromatic heterocycles. The number of carbonyl (C=O) groups is 2. The van der Waals surface area contributed by atoms with Gasteiger partial charge < -0.3 is 9.47 Å². The highest BCUT2D eigenvalue weighted by Gasteiger charge is 2.30. The summed E-state index contributed by atoms with van der Waals surface area (Å²) in [6.45, 7) is 0.229. The summed E-state index contributed by atoms with van der Waals surface area (Å²) in [5, 5.41) is 0. The van der Waals surface area contributed by atoms with Crippen LogP contribution in [0.15, 0.2) is 24.3 Å². The van der Waals surface area contributed by atoms with Gasteiger partial charge in [0, 0.05) is 12.1 Å². The van der Waals surface area contributed by atoms with Crippen LogP contribution in [0.5, 0.6) is 0 Å². The summed E-state index contributed by atoms with van der Waals surface area (Å²) in [6, 6.07) is 5.82. The molecule has 7 nitrogen and oxygen atoms in total. The number of benzene rings is 1. The number of anilines is 1. The number of hydrogen-bond donors (Lipinski definition) is 1. The lowest BCUT2D eigenvalue weighted by atomic mass is 10.2. The lowest BCUT2D eigenvalue weighted by Gasteiger charge is -2.09. The molecule has 1 aliphatic rings. The first-order valence-electron chi connectivity index (χ1n) is 5.80. The molecular weight excluding hydrogens is 286 g/mol. The molecule has 1 aromatic carbocycles. The van der Waals surface area contributed by atoms with E-state index in [-0.39, 0.29) is 17.9 Å². The minimum Gasteiger partial charge on any atom is -0.463 e. The Labute approximate surface area is 115 Å². The normalized spacial score (nSPS) is 18.4. The molecule has 8 heteroatoms. The average Bonchev–Trinajstić information content (AvgIpc) is 2.73. The fraction of sp³-hybridized carbons (Fsp3) is 0.333. The Hall–Kier alpha value is -2.09. The standard InChI is InChI=1S/C12H13NO6S/c1-20(16,17)13-9-4-2-3-8(7-9)11(14)19-10-5-6-18-12(10)15/h2-4,7,10,13H,5-6H2,1H3/t10-/m0/s1. The predicted molar refractivity (Wildman–Crippen MR) is 69.7 cm³/mol. The van der Waals surface area contributed by atoms with Crippen molar-refractivity contribution in [2.24, 2.45) is 0 Å². The molecule has 1 N–H and O–H groups in total. The second-order valence-corrected chi connectivity index (χ2v) is 6.05. The minimum atomic E-state index is -3.43. The quantitative estimate of drug-likeness (QED) is 0.814. The molecule has 0 aliphatic carbocycles. The van der Waals surface area contributed by atoms with Crippen LogP contribution in [0.3, 0.4) is 0 Å². The third kappa shape index (κ3) is 3.70. The van der Waals surface area contributed by atoms with Gasteiger partial charge in [-0.1, -0.05) is 6.07 Å². The molecule has 1 heterocycles. The van der Waals surface area contributed by atoms with E-state index in [0.29, 0.717) is 6.42 Å². The minimum absolute atomic E-state index is 0.151. The maximum absolute atomic E-state index is 11.9. The van der Waals surface area contributed by atoms with Gasteiger partial charge in [0.15, 0.2) is 0 Å². The molecule has 0 spiro atoms. The molecule has 2 rings (SSSR count). The zero-order valence-corrected chi connectivity index (χ0v) is 11.5. The summed E-state index contributed by atoms with van der Waals surface area (Å²) in [5.41, 5.74) is 0.397.